The molecular formula is C14H31N5O. The molecule has 118 valence electrons. The van der Waals surface area contributed by atoms with Crippen molar-refractivity contribution < 1.29 is 4.74 Å². The van der Waals surface area contributed by atoms with Gasteiger partial charge < -0.3 is 25.6 Å². The number of rotatable bonds is 7. The summed E-state index contributed by atoms with van der Waals surface area (Å²) in [4.78, 5) is 9.17. The summed E-state index contributed by atoms with van der Waals surface area (Å²) in [5.41, 5.74) is 5.84. The quantitative estimate of drug-likeness (QED) is 0.507. The molecule has 6 heteroatoms. The molecule has 0 aromatic heterocycles. The molecule has 1 rings (SSSR count). The van der Waals surface area contributed by atoms with Crippen LogP contribution in [0.25, 0.3) is 0 Å². The van der Waals surface area contributed by atoms with Crippen molar-refractivity contribution in [3.8, 4) is 0 Å². The van der Waals surface area contributed by atoms with Crippen molar-refractivity contribution in [1.29, 1.82) is 0 Å². The third-order valence-electron chi connectivity index (χ3n) is 3.80. The molecule has 0 aliphatic carbocycles. The van der Waals surface area contributed by atoms with E-state index >= 15 is 0 Å². The number of hydrogen-bond donors (Lipinski definition) is 2. The molecule has 1 aliphatic heterocycles. The van der Waals surface area contributed by atoms with Crippen LogP contribution in [-0.4, -0.2) is 81.8 Å². The van der Waals surface area contributed by atoms with E-state index in [2.05, 4.69) is 34.2 Å². The van der Waals surface area contributed by atoms with Gasteiger partial charge in [0.25, 0.3) is 0 Å². The van der Waals surface area contributed by atoms with E-state index in [9.17, 15) is 0 Å². The standard InChI is InChI=1S/C14H31N5O/c1-12(11-20-4)17-14(15)16-7-10-19-8-5-13(6-9-19)18(2)3/h12-13H,5-11H2,1-4H3,(H3,15,16,17). The van der Waals surface area contributed by atoms with Crippen molar-refractivity contribution in [3.63, 3.8) is 0 Å². The predicted octanol–water partition coefficient (Wildman–Crippen LogP) is -0.0484. The largest absolute Gasteiger partial charge is 0.383 e. The Balaban J connectivity index is 2.17. The molecule has 0 aromatic rings. The van der Waals surface area contributed by atoms with Gasteiger partial charge in [-0.15, -0.1) is 0 Å². The maximum Gasteiger partial charge on any atom is 0.188 e. The first-order chi connectivity index (χ1) is 9.52. The van der Waals surface area contributed by atoms with Gasteiger partial charge in [-0.2, -0.15) is 0 Å². The number of nitrogens with one attached hydrogen (secondary N) is 1. The molecule has 1 atom stereocenters. The third-order valence-corrected chi connectivity index (χ3v) is 3.80. The van der Waals surface area contributed by atoms with Gasteiger partial charge in [0.1, 0.15) is 0 Å². The van der Waals surface area contributed by atoms with Crippen LogP contribution >= 0.6 is 0 Å². The summed E-state index contributed by atoms with van der Waals surface area (Å²) in [5.74, 6) is 0.512. The summed E-state index contributed by atoms with van der Waals surface area (Å²) >= 11 is 0. The average Bonchev–Trinajstić information content (AvgIpc) is 2.39. The zero-order valence-electron chi connectivity index (χ0n) is 13.4. The van der Waals surface area contributed by atoms with E-state index in [1.807, 2.05) is 6.92 Å². The molecule has 0 bridgehead atoms. The number of guanidine groups is 1. The third kappa shape index (κ3) is 6.54. The van der Waals surface area contributed by atoms with Crippen LogP contribution in [0.5, 0.6) is 0 Å². The summed E-state index contributed by atoms with van der Waals surface area (Å²) in [6.45, 7) is 6.72. The fourth-order valence-corrected chi connectivity index (χ4v) is 2.56. The summed E-state index contributed by atoms with van der Waals surface area (Å²) in [6, 6.07) is 0.927. The molecule has 1 unspecified atom stereocenters. The van der Waals surface area contributed by atoms with Crippen LogP contribution in [0.2, 0.25) is 0 Å². The second-order valence-corrected chi connectivity index (χ2v) is 5.80. The molecule has 0 amide bonds. The lowest BCUT2D eigenvalue weighted by Gasteiger charge is -2.34. The SMILES string of the molecule is COCC(C)NC(N)=NCCN1CCC(N(C)C)CC1. The normalized spacial score (nSPS) is 20.4. The van der Waals surface area contributed by atoms with Gasteiger partial charge in [-0.25, -0.2) is 0 Å². The number of likely N-dealkylation sites (tertiary alicyclic amines) is 1. The molecular weight excluding hydrogens is 254 g/mol. The molecule has 1 fully saturated rings. The first-order valence-corrected chi connectivity index (χ1v) is 7.47. The number of methoxy groups -OCH3 is 1. The monoisotopic (exact) mass is 285 g/mol. The number of ether oxygens (including phenoxy) is 1. The van der Waals surface area contributed by atoms with Crippen LogP contribution in [0.4, 0.5) is 0 Å². The van der Waals surface area contributed by atoms with Gasteiger partial charge in [-0.05, 0) is 47.0 Å². The Morgan fingerprint density at radius 2 is 2.10 bits per heavy atom. The molecule has 0 radical (unpaired) electrons. The lowest BCUT2D eigenvalue weighted by molar-refractivity contribution is 0.148. The Morgan fingerprint density at radius 3 is 2.65 bits per heavy atom. The molecule has 3 N–H and O–H groups in total. The van der Waals surface area contributed by atoms with Crippen LogP contribution in [0.3, 0.4) is 0 Å². The highest BCUT2D eigenvalue weighted by atomic mass is 16.5. The minimum absolute atomic E-state index is 0.194. The van der Waals surface area contributed by atoms with Crippen molar-refractivity contribution in [3.05, 3.63) is 0 Å². The van der Waals surface area contributed by atoms with Crippen LogP contribution in [0.15, 0.2) is 4.99 Å². The van der Waals surface area contributed by atoms with Gasteiger partial charge >= 0.3 is 0 Å². The van der Waals surface area contributed by atoms with Crippen molar-refractivity contribution >= 4 is 5.96 Å². The second-order valence-electron chi connectivity index (χ2n) is 5.80. The van der Waals surface area contributed by atoms with Gasteiger partial charge in [0.05, 0.1) is 13.2 Å². The van der Waals surface area contributed by atoms with Gasteiger partial charge in [-0.1, -0.05) is 0 Å². The van der Waals surface area contributed by atoms with Crippen LogP contribution in [0, 0.1) is 0 Å². The summed E-state index contributed by atoms with van der Waals surface area (Å²) in [7, 11) is 6.01. The second kappa shape index (κ2) is 9.15. The van der Waals surface area contributed by atoms with Gasteiger partial charge in [0, 0.05) is 25.7 Å². The average molecular weight is 285 g/mol. The zero-order chi connectivity index (χ0) is 15.0. The van der Waals surface area contributed by atoms with Crippen LogP contribution in [-0.2, 0) is 4.74 Å². The van der Waals surface area contributed by atoms with Crippen LogP contribution in [0.1, 0.15) is 19.8 Å². The van der Waals surface area contributed by atoms with Gasteiger partial charge in [-0.3, -0.25) is 4.99 Å². The summed E-state index contributed by atoms with van der Waals surface area (Å²) in [5, 5.41) is 3.12. The van der Waals surface area contributed by atoms with E-state index < -0.39 is 0 Å². The highest BCUT2D eigenvalue weighted by Crippen LogP contribution is 2.13. The summed E-state index contributed by atoms with van der Waals surface area (Å²) < 4.78 is 5.05. The summed E-state index contributed by atoms with van der Waals surface area (Å²) in [6.07, 6.45) is 2.49. The minimum Gasteiger partial charge on any atom is -0.383 e. The van der Waals surface area contributed by atoms with Crippen molar-refractivity contribution in [2.24, 2.45) is 10.7 Å². The molecule has 1 saturated heterocycles. The number of piperidine rings is 1. The topological polar surface area (TPSA) is 66.1 Å². The van der Waals surface area contributed by atoms with E-state index in [4.69, 9.17) is 10.5 Å². The van der Waals surface area contributed by atoms with Gasteiger partial charge in [0.2, 0.25) is 0 Å². The molecule has 6 nitrogen and oxygen atoms in total. The molecule has 1 aliphatic rings. The minimum atomic E-state index is 0.194. The fraction of sp³-hybridized carbons (Fsp3) is 0.929. The first kappa shape index (κ1) is 17.2. The highest BCUT2D eigenvalue weighted by molar-refractivity contribution is 5.78. The Hall–Kier alpha value is -0.850. The number of nitrogens with zero attached hydrogens (tertiary/aromatic N) is 3. The molecule has 0 aromatic carbocycles. The molecule has 20 heavy (non-hydrogen) atoms. The highest BCUT2D eigenvalue weighted by Gasteiger charge is 2.19. The van der Waals surface area contributed by atoms with Crippen molar-refractivity contribution in [2.45, 2.75) is 31.8 Å². The maximum atomic E-state index is 5.84. The lowest BCUT2D eigenvalue weighted by atomic mass is 10.0. The fourth-order valence-electron chi connectivity index (χ4n) is 2.56. The van der Waals surface area contributed by atoms with E-state index in [0.29, 0.717) is 12.6 Å². The van der Waals surface area contributed by atoms with E-state index in [0.717, 1.165) is 32.2 Å². The maximum absolute atomic E-state index is 5.84. The van der Waals surface area contributed by atoms with Gasteiger partial charge in [0.15, 0.2) is 5.96 Å². The lowest BCUT2D eigenvalue weighted by Crippen LogP contribution is -2.43. The molecule has 1 heterocycles. The molecule has 0 spiro atoms. The van der Waals surface area contributed by atoms with Crippen molar-refractivity contribution in [2.75, 3.05) is 54.0 Å². The molecule has 0 saturated carbocycles. The Kier molecular flexibility index (Phi) is 7.87. The van der Waals surface area contributed by atoms with E-state index in [1.54, 1.807) is 7.11 Å². The Morgan fingerprint density at radius 1 is 1.45 bits per heavy atom. The number of aliphatic imine (C=N–C) groups is 1. The first-order valence-electron chi connectivity index (χ1n) is 7.47. The Bertz CT molecular complexity index is 287. The van der Waals surface area contributed by atoms with E-state index in [1.165, 1.54) is 12.8 Å². The Labute approximate surface area is 123 Å². The van der Waals surface area contributed by atoms with Crippen LogP contribution < -0.4 is 11.1 Å². The number of nitrogens with two attached hydrogens (primary N) is 1. The predicted molar refractivity (Wildman–Crippen MR) is 84.1 cm³/mol. The number of hydrogen-bond acceptors (Lipinski definition) is 4. The smallest absolute Gasteiger partial charge is 0.188 e. The van der Waals surface area contributed by atoms with E-state index in [-0.39, 0.29) is 6.04 Å². The zero-order valence-corrected chi connectivity index (χ0v) is 13.4. The van der Waals surface area contributed by atoms with Crippen molar-refractivity contribution in [1.82, 2.24) is 15.1 Å².